The topological polar surface area (TPSA) is 106 Å². The minimum absolute atomic E-state index is 0.0141. The highest BCUT2D eigenvalue weighted by atomic mass is 35.5. The fraction of sp³-hybridized carbons (Fsp3) is 0.500. The molecule has 1 unspecified atom stereocenters. The number of likely N-dealkylation sites (tertiary alicyclic amines) is 1. The number of benzene rings is 1. The molecule has 3 aliphatic rings. The zero-order chi connectivity index (χ0) is 25.9. The Morgan fingerprint density at radius 1 is 1.25 bits per heavy atom. The van der Waals surface area contributed by atoms with Crippen LogP contribution in [0.3, 0.4) is 0 Å². The number of hydrogen-bond acceptors (Lipinski definition) is 6. The first-order chi connectivity index (χ1) is 17.1. The molecule has 0 saturated carbocycles. The van der Waals surface area contributed by atoms with E-state index in [1.165, 1.54) is 10.4 Å². The van der Waals surface area contributed by atoms with E-state index in [9.17, 15) is 18.0 Å². The number of fused-ring (bicyclic) bond motifs is 2. The van der Waals surface area contributed by atoms with E-state index in [-0.39, 0.29) is 42.1 Å². The van der Waals surface area contributed by atoms with Crippen molar-refractivity contribution in [2.24, 2.45) is 0 Å². The van der Waals surface area contributed by atoms with Crippen molar-refractivity contribution in [3.63, 3.8) is 0 Å². The monoisotopic (exact) mass is 535 g/mol. The maximum absolute atomic E-state index is 13.7. The van der Waals surface area contributed by atoms with Crippen LogP contribution in [0.4, 0.5) is 0 Å². The molecule has 12 heteroatoms. The maximum atomic E-state index is 13.7. The number of sulfonamides is 1. The number of piperidine rings is 1. The number of nitrogens with zero attached hydrogens (tertiary/aromatic N) is 4. The van der Waals surface area contributed by atoms with E-state index >= 15 is 0 Å². The SMILES string of the molecule is C=CC(=O)N1CCC2(CC1)CN1C(=O)CN(S(=O)(=O)c3cc4cc(Cl)ccc4[nH]3)CC1(COC)N2C. The molecule has 1 aromatic heterocycles. The Morgan fingerprint density at radius 3 is 2.64 bits per heavy atom. The van der Waals surface area contributed by atoms with Gasteiger partial charge in [0.15, 0.2) is 0 Å². The Bertz CT molecular complexity index is 1340. The van der Waals surface area contributed by atoms with Crippen molar-refractivity contribution in [3.8, 4) is 0 Å². The Morgan fingerprint density at radius 2 is 1.97 bits per heavy atom. The van der Waals surface area contributed by atoms with Crippen LogP contribution in [0.1, 0.15) is 12.8 Å². The summed E-state index contributed by atoms with van der Waals surface area (Å²) in [5.41, 5.74) is -0.701. The lowest BCUT2D eigenvalue weighted by atomic mass is 9.86. The van der Waals surface area contributed by atoms with Gasteiger partial charge in [-0.05, 0) is 50.2 Å². The molecule has 2 aromatic rings. The van der Waals surface area contributed by atoms with Crippen molar-refractivity contribution in [2.45, 2.75) is 29.1 Å². The highest BCUT2D eigenvalue weighted by Gasteiger charge is 2.63. The summed E-state index contributed by atoms with van der Waals surface area (Å²) in [6.45, 7) is 5.08. The number of H-pyrrole nitrogens is 1. The summed E-state index contributed by atoms with van der Waals surface area (Å²) in [5.74, 6) is -0.378. The van der Waals surface area contributed by atoms with E-state index in [0.717, 1.165) is 0 Å². The molecule has 0 bridgehead atoms. The largest absolute Gasteiger partial charge is 0.381 e. The number of carbonyl (C=O) groups is 2. The first-order valence-electron chi connectivity index (χ1n) is 11.8. The standard InChI is InChI=1S/C24H30ClN5O5S/c1-4-21(31)28-9-7-23(8-10-28)14-30-22(32)13-29(15-24(30,16-35-3)27(23)2)36(33,34)20-12-17-11-18(25)5-6-19(17)26-20/h4-6,11-12,26H,1,7-10,13-16H2,2-3H3. The van der Waals surface area contributed by atoms with Crippen molar-refractivity contribution in [1.82, 2.24) is 24.0 Å². The molecule has 4 heterocycles. The van der Waals surface area contributed by atoms with Crippen LogP contribution < -0.4 is 0 Å². The lowest BCUT2D eigenvalue weighted by molar-refractivity contribution is -0.152. The van der Waals surface area contributed by atoms with Crippen molar-refractivity contribution in [3.05, 3.63) is 41.9 Å². The van der Waals surface area contributed by atoms with Gasteiger partial charge in [-0.2, -0.15) is 4.31 Å². The van der Waals surface area contributed by atoms with E-state index in [4.69, 9.17) is 16.3 Å². The highest BCUT2D eigenvalue weighted by Crippen LogP contribution is 2.45. The van der Waals surface area contributed by atoms with Crippen molar-refractivity contribution in [1.29, 1.82) is 0 Å². The van der Waals surface area contributed by atoms with Crippen LogP contribution in [-0.4, -0.2) is 109 Å². The average Bonchev–Trinajstić information content (AvgIpc) is 3.38. The van der Waals surface area contributed by atoms with Crippen LogP contribution in [-0.2, 0) is 24.3 Å². The second kappa shape index (κ2) is 8.84. The second-order valence-corrected chi connectivity index (χ2v) is 12.2. The van der Waals surface area contributed by atoms with Gasteiger partial charge in [0.1, 0.15) is 10.7 Å². The number of likely N-dealkylation sites (N-methyl/N-ethyl adjacent to an activating group) is 1. The molecule has 1 N–H and O–H groups in total. The second-order valence-electron chi connectivity index (χ2n) is 9.85. The van der Waals surface area contributed by atoms with Crippen LogP contribution >= 0.6 is 11.6 Å². The molecule has 36 heavy (non-hydrogen) atoms. The maximum Gasteiger partial charge on any atom is 0.259 e. The molecule has 1 spiro atoms. The Kier molecular flexibility index (Phi) is 6.19. The number of carbonyl (C=O) groups excluding carboxylic acids is 2. The molecular weight excluding hydrogens is 506 g/mol. The van der Waals surface area contributed by atoms with E-state index < -0.39 is 15.7 Å². The molecule has 1 atom stereocenters. The fourth-order valence-electron chi connectivity index (χ4n) is 6.00. The van der Waals surface area contributed by atoms with E-state index in [2.05, 4.69) is 16.5 Å². The van der Waals surface area contributed by atoms with Crippen molar-refractivity contribution < 1.29 is 22.7 Å². The molecule has 1 aromatic carbocycles. The van der Waals surface area contributed by atoms with Gasteiger partial charge in [-0.3, -0.25) is 14.5 Å². The normalized spacial score (nSPS) is 25.0. The molecular formula is C24H30ClN5O5S. The molecule has 3 aliphatic heterocycles. The van der Waals surface area contributed by atoms with Crippen LogP contribution in [0.25, 0.3) is 10.9 Å². The number of ether oxygens (including phenoxy) is 1. The van der Waals surface area contributed by atoms with Crippen LogP contribution in [0.15, 0.2) is 41.9 Å². The van der Waals surface area contributed by atoms with Crippen LogP contribution in [0.5, 0.6) is 0 Å². The number of halogens is 1. The summed E-state index contributed by atoms with van der Waals surface area (Å²) < 4.78 is 34.3. The molecule has 0 radical (unpaired) electrons. The van der Waals surface area contributed by atoms with E-state index in [1.54, 1.807) is 41.2 Å². The molecule has 0 aliphatic carbocycles. The van der Waals surface area contributed by atoms with Gasteiger partial charge in [-0.25, -0.2) is 8.42 Å². The number of piperazine rings is 1. The van der Waals surface area contributed by atoms with Gasteiger partial charge in [-0.1, -0.05) is 18.2 Å². The predicted octanol–water partition coefficient (Wildman–Crippen LogP) is 1.49. The third-order valence-corrected chi connectivity index (χ3v) is 10.0. The van der Waals surface area contributed by atoms with E-state index in [1.807, 2.05) is 7.05 Å². The average molecular weight is 536 g/mol. The number of methoxy groups -OCH3 is 1. The fourth-order valence-corrected chi connectivity index (χ4v) is 7.63. The Labute approximate surface area is 215 Å². The Balaban J connectivity index is 1.47. The summed E-state index contributed by atoms with van der Waals surface area (Å²) in [5, 5.41) is 1.20. The number of aromatic nitrogens is 1. The summed E-state index contributed by atoms with van der Waals surface area (Å²) in [6.07, 6.45) is 2.64. The number of rotatable bonds is 5. The first kappa shape index (κ1) is 25.2. The van der Waals surface area contributed by atoms with Crippen LogP contribution in [0, 0.1) is 0 Å². The van der Waals surface area contributed by atoms with Gasteiger partial charge in [0.2, 0.25) is 11.8 Å². The van der Waals surface area contributed by atoms with Crippen molar-refractivity contribution >= 4 is 44.3 Å². The van der Waals surface area contributed by atoms with Gasteiger partial charge >= 0.3 is 0 Å². The first-order valence-corrected chi connectivity index (χ1v) is 13.6. The molecule has 5 rings (SSSR count). The zero-order valence-electron chi connectivity index (χ0n) is 20.4. The van der Waals surface area contributed by atoms with Gasteiger partial charge in [0.25, 0.3) is 10.0 Å². The van der Waals surface area contributed by atoms with Gasteiger partial charge in [0, 0.05) is 48.2 Å². The number of hydrogen-bond donors (Lipinski definition) is 1. The number of amides is 2. The summed E-state index contributed by atoms with van der Waals surface area (Å²) in [7, 11) is -0.532. The summed E-state index contributed by atoms with van der Waals surface area (Å²) >= 11 is 6.08. The van der Waals surface area contributed by atoms with Crippen molar-refractivity contribution in [2.75, 3.05) is 53.5 Å². The third-order valence-electron chi connectivity index (χ3n) is 8.06. The molecule has 3 fully saturated rings. The molecule has 10 nitrogen and oxygen atoms in total. The molecule has 194 valence electrons. The minimum Gasteiger partial charge on any atom is -0.381 e. The summed E-state index contributed by atoms with van der Waals surface area (Å²) in [4.78, 5) is 34.2. The smallest absolute Gasteiger partial charge is 0.259 e. The van der Waals surface area contributed by atoms with Crippen LogP contribution in [0.2, 0.25) is 5.02 Å². The number of aromatic amines is 1. The lowest BCUT2D eigenvalue weighted by Crippen LogP contribution is -2.70. The molecule has 2 amide bonds. The minimum atomic E-state index is -4.01. The highest BCUT2D eigenvalue weighted by molar-refractivity contribution is 7.89. The lowest BCUT2D eigenvalue weighted by Gasteiger charge is -2.50. The Hall–Kier alpha value is -2.44. The number of nitrogens with one attached hydrogen (secondary N) is 1. The van der Waals surface area contributed by atoms with E-state index in [0.29, 0.717) is 48.4 Å². The zero-order valence-corrected chi connectivity index (χ0v) is 21.9. The predicted molar refractivity (Wildman–Crippen MR) is 135 cm³/mol. The third kappa shape index (κ3) is 3.76. The van der Waals surface area contributed by atoms with Gasteiger partial charge < -0.3 is 19.5 Å². The van der Waals surface area contributed by atoms with Gasteiger partial charge in [0.05, 0.1) is 19.7 Å². The molecule has 3 saturated heterocycles. The quantitative estimate of drug-likeness (QED) is 0.581. The van der Waals surface area contributed by atoms with Gasteiger partial charge in [-0.15, -0.1) is 0 Å². The summed E-state index contributed by atoms with van der Waals surface area (Å²) in [6, 6.07) is 6.65.